The maximum absolute atomic E-state index is 13.0. The fourth-order valence-corrected chi connectivity index (χ4v) is 4.95. The number of rotatable bonds is 8. The number of anilines is 1. The summed E-state index contributed by atoms with van der Waals surface area (Å²) in [5.74, 6) is -0.584. The molecule has 1 aliphatic heterocycles. The number of hydrogen-bond acceptors (Lipinski definition) is 5. The quantitative estimate of drug-likeness (QED) is 0.160. The number of nitrogens with zero attached hydrogens (tertiary/aromatic N) is 2. The Balaban J connectivity index is 1.32. The second-order valence-corrected chi connectivity index (χ2v) is 9.86. The number of aromatic nitrogens is 1. The van der Waals surface area contributed by atoms with Crippen molar-refractivity contribution in [1.82, 2.24) is 15.6 Å². The molecule has 1 saturated heterocycles. The van der Waals surface area contributed by atoms with E-state index in [4.69, 9.17) is 4.99 Å². The highest BCUT2D eigenvalue weighted by Crippen LogP contribution is 2.31. The molecular formula is C33H27N5O4. The van der Waals surface area contributed by atoms with Crippen LogP contribution < -0.4 is 15.5 Å². The molecule has 4 amide bonds. The van der Waals surface area contributed by atoms with Crippen molar-refractivity contribution in [2.24, 2.45) is 4.99 Å². The first-order chi connectivity index (χ1) is 20.5. The Hall–Kier alpha value is -5.70. The molecule has 0 atom stereocenters. The monoisotopic (exact) mass is 557 g/mol. The summed E-state index contributed by atoms with van der Waals surface area (Å²) in [5, 5.41) is 17.2. The van der Waals surface area contributed by atoms with Crippen molar-refractivity contribution >= 4 is 40.1 Å². The summed E-state index contributed by atoms with van der Waals surface area (Å²) >= 11 is 0. The van der Waals surface area contributed by atoms with Crippen LogP contribution in [0, 0.1) is 0 Å². The molecule has 1 fully saturated rings. The molecule has 0 bridgehead atoms. The third kappa shape index (κ3) is 5.35. The number of nitrogens with one attached hydrogen (secondary N) is 3. The molecule has 0 radical (unpaired) electrons. The van der Waals surface area contributed by atoms with Gasteiger partial charge in [0.05, 0.1) is 30.1 Å². The Bertz CT molecular complexity index is 1800. The molecular weight excluding hydrogens is 530 g/mol. The van der Waals surface area contributed by atoms with Gasteiger partial charge in [0, 0.05) is 28.6 Å². The Kier molecular flexibility index (Phi) is 7.21. The predicted octanol–water partition coefficient (Wildman–Crippen LogP) is 4.90. The molecule has 4 N–H and O–H groups in total. The molecule has 9 heteroatoms. The molecule has 0 spiro atoms. The highest BCUT2D eigenvalue weighted by atomic mass is 16.3. The van der Waals surface area contributed by atoms with E-state index in [1.165, 1.54) is 0 Å². The Morgan fingerprint density at radius 2 is 1.57 bits per heavy atom. The number of urea groups is 1. The van der Waals surface area contributed by atoms with Crippen LogP contribution in [0.3, 0.4) is 0 Å². The van der Waals surface area contributed by atoms with E-state index in [0.717, 1.165) is 21.6 Å². The lowest BCUT2D eigenvalue weighted by Crippen LogP contribution is -2.30. The molecule has 9 nitrogen and oxygen atoms in total. The van der Waals surface area contributed by atoms with Crippen LogP contribution >= 0.6 is 0 Å². The zero-order chi connectivity index (χ0) is 29.1. The number of H-pyrrole nitrogens is 1. The smallest absolute Gasteiger partial charge is 0.329 e. The molecule has 1 aromatic heterocycles. The first kappa shape index (κ1) is 26.5. The van der Waals surface area contributed by atoms with Gasteiger partial charge in [0.1, 0.15) is 0 Å². The molecule has 6 rings (SSSR count). The Labute approximate surface area is 241 Å². The van der Waals surface area contributed by atoms with Crippen molar-refractivity contribution in [2.75, 3.05) is 11.4 Å². The summed E-state index contributed by atoms with van der Waals surface area (Å²) < 4.78 is 0. The number of aromatic amines is 1. The van der Waals surface area contributed by atoms with Gasteiger partial charge in [-0.05, 0) is 41.5 Å². The normalized spacial score (nSPS) is 13.4. The van der Waals surface area contributed by atoms with Crippen molar-refractivity contribution in [3.63, 3.8) is 0 Å². The number of imide groups is 1. The summed E-state index contributed by atoms with van der Waals surface area (Å²) in [4.78, 5) is 46.1. The zero-order valence-corrected chi connectivity index (χ0v) is 22.5. The number of carbonyl (C=O) groups is 3. The fraction of sp³-hybridized carbons (Fsp3) is 0.0909. The van der Waals surface area contributed by atoms with Gasteiger partial charge in [-0.3, -0.25) is 14.6 Å². The molecule has 208 valence electrons. The maximum Gasteiger partial charge on any atom is 0.329 e. The molecule has 4 aromatic carbocycles. The molecule has 0 saturated carbocycles. The van der Waals surface area contributed by atoms with E-state index < -0.39 is 6.03 Å². The minimum absolute atomic E-state index is 0.0180. The van der Waals surface area contributed by atoms with Crippen LogP contribution in [0.15, 0.2) is 108 Å². The van der Waals surface area contributed by atoms with Crippen LogP contribution in [0.1, 0.15) is 32.6 Å². The van der Waals surface area contributed by atoms with Gasteiger partial charge in [-0.1, -0.05) is 72.8 Å². The summed E-state index contributed by atoms with van der Waals surface area (Å²) in [5.41, 5.74) is 5.30. The highest BCUT2D eigenvalue weighted by Gasteiger charge is 2.29. The van der Waals surface area contributed by atoms with Crippen LogP contribution in [0.5, 0.6) is 5.88 Å². The highest BCUT2D eigenvalue weighted by molar-refractivity contribution is 6.22. The van der Waals surface area contributed by atoms with Gasteiger partial charge in [-0.2, -0.15) is 0 Å². The average Bonchev–Trinajstić information content (AvgIpc) is 3.54. The van der Waals surface area contributed by atoms with Crippen LogP contribution in [-0.2, 0) is 17.9 Å². The van der Waals surface area contributed by atoms with Crippen molar-refractivity contribution < 1.29 is 19.5 Å². The van der Waals surface area contributed by atoms with Crippen LogP contribution in [0.25, 0.3) is 10.9 Å². The predicted molar refractivity (Wildman–Crippen MR) is 161 cm³/mol. The molecule has 2 heterocycles. The first-order valence-corrected chi connectivity index (χ1v) is 13.4. The third-order valence-corrected chi connectivity index (χ3v) is 7.08. The number of aliphatic imine (C=N–C) groups is 1. The van der Waals surface area contributed by atoms with Crippen LogP contribution in [-0.4, -0.2) is 40.2 Å². The Morgan fingerprint density at radius 3 is 2.26 bits per heavy atom. The summed E-state index contributed by atoms with van der Waals surface area (Å²) in [6, 6.07) is 31.0. The van der Waals surface area contributed by atoms with E-state index in [1.807, 2.05) is 72.8 Å². The molecule has 42 heavy (non-hydrogen) atoms. The maximum atomic E-state index is 13.0. The number of carbonyl (C=O) groups excluding carboxylic acids is 3. The average molecular weight is 558 g/mol. The van der Waals surface area contributed by atoms with Gasteiger partial charge in [-0.15, -0.1) is 0 Å². The first-order valence-electron chi connectivity index (χ1n) is 13.4. The van der Waals surface area contributed by atoms with Crippen LogP contribution in [0.4, 0.5) is 10.5 Å². The van der Waals surface area contributed by atoms with Gasteiger partial charge in [0.15, 0.2) is 5.88 Å². The van der Waals surface area contributed by atoms with Gasteiger partial charge < -0.3 is 20.7 Å². The Morgan fingerprint density at radius 1 is 0.857 bits per heavy atom. The van der Waals surface area contributed by atoms with Crippen molar-refractivity contribution in [2.45, 2.75) is 13.1 Å². The van der Waals surface area contributed by atoms with E-state index in [0.29, 0.717) is 40.0 Å². The third-order valence-electron chi connectivity index (χ3n) is 7.08. The van der Waals surface area contributed by atoms with Crippen molar-refractivity contribution in [3.8, 4) is 5.88 Å². The fourth-order valence-electron chi connectivity index (χ4n) is 4.95. The number of amides is 4. The standard InChI is InChI=1S/C33H27N5O4/c39-28-20-36-33(42)38(28)25-14-11-22(12-15-25)18-34-30(23-9-5-2-6-10-23)29-26-17-24(13-16-27(26)37-32(29)41)31(40)35-19-21-7-3-1-4-8-21/h1-17,37,41H,18-20H2,(H,35,40)(H,36,42). The minimum atomic E-state index is -0.444. The van der Waals surface area contributed by atoms with Crippen molar-refractivity contribution in [1.29, 1.82) is 0 Å². The minimum Gasteiger partial charge on any atom is -0.494 e. The number of aromatic hydroxyl groups is 1. The van der Waals surface area contributed by atoms with Crippen molar-refractivity contribution in [3.05, 3.63) is 131 Å². The van der Waals surface area contributed by atoms with E-state index >= 15 is 0 Å². The van der Waals surface area contributed by atoms with E-state index in [1.54, 1.807) is 30.3 Å². The van der Waals surface area contributed by atoms with Gasteiger partial charge in [-0.25, -0.2) is 9.69 Å². The lowest BCUT2D eigenvalue weighted by Gasteiger charge is -2.13. The zero-order valence-electron chi connectivity index (χ0n) is 22.5. The number of benzene rings is 4. The second kappa shape index (κ2) is 11.4. The van der Waals surface area contributed by atoms with E-state index in [2.05, 4.69) is 15.6 Å². The second-order valence-electron chi connectivity index (χ2n) is 9.86. The number of fused-ring (bicyclic) bond motifs is 1. The molecule has 0 aliphatic carbocycles. The lowest BCUT2D eigenvalue weighted by atomic mass is 9.99. The summed E-state index contributed by atoms with van der Waals surface area (Å²) in [6.45, 7) is 0.652. The van der Waals surface area contributed by atoms with Gasteiger partial charge >= 0.3 is 6.03 Å². The SMILES string of the molecule is O=C(NCc1ccccc1)c1ccc2[nH]c(O)c(C(=NCc3ccc(N4C(=O)CNC4=O)cc3)c3ccccc3)c2c1. The molecule has 5 aromatic rings. The lowest BCUT2D eigenvalue weighted by molar-refractivity contribution is -0.115. The van der Waals surface area contributed by atoms with Gasteiger partial charge in [0.2, 0.25) is 0 Å². The van der Waals surface area contributed by atoms with E-state index in [-0.39, 0.29) is 30.8 Å². The van der Waals surface area contributed by atoms with Crippen LogP contribution in [0.2, 0.25) is 0 Å². The molecule has 1 aliphatic rings. The summed E-state index contributed by atoms with van der Waals surface area (Å²) in [6.07, 6.45) is 0. The van der Waals surface area contributed by atoms with Gasteiger partial charge in [0.25, 0.3) is 11.8 Å². The largest absolute Gasteiger partial charge is 0.494 e. The number of hydrogen-bond donors (Lipinski definition) is 4. The molecule has 0 unspecified atom stereocenters. The summed E-state index contributed by atoms with van der Waals surface area (Å²) in [7, 11) is 0. The van der Waals surface area contributed by atoms with E-state index in [9.17, 15) is 19.5 Å². The topological polar surface area (TPSA) is 127 Å².